The van der Waals surface area contributed by atoms with Gasteiger partial charge in [-0.2, -0.15) is 0 Å². The van der Waals surface area contributed by atoms with E-state index < -0.39 is 0 Å². The first kappa shape index (κ1) is 13.8. The van der Waals surface area contributed by atoms with E-state index in [2.05, 4.69) is 10.3 Å². The van der Waals surface area contributed by atoms with Gasteiger partial charge in [0.05, 0.1) is 0 Å². The molecule has 0 aliphatic carbocycles. The zero-order chi connectivity index (χ0) is 12.7. The second-order valence-corrected chi connectivity index (χ2v) is 4.00. The molecule has 0 fully saturated rings. The highest BCUT2D eigenvalue weighted by atomic mass is 35.5. The number of nitrogens with zero attached hydrogens (tertiary/aromatic N) is 2. The summed E-state index contributed by atoms with van der Waals surface area (Å²) in [6.07, 6.45) is 2.12. The molecular formula is C12H18ClN3O. The van der Waals surface area contributed by atoms with Gasteiger partial charge >= 0.3 is 0 Å². The quantitative estimate of drug-likeness (QED) is 0.794. The molecule has 1 heterocycles. The van der Waals surface area contributed by atoms with Crippen molar-refractivity contribution in [1.82, 2.24) is 9.88 Å². The molecule has 1 aromatic rings. The predicted octanol–water partition coefficient (Wildman–Crippen LogP) is 2.41. The van der Waals surface area contributed by atoms with Gasteiger partial charge in [0.15, 0.2) is 0 Å². The Labute approximate surface area is 107 Å². The topological polar surface area (TPSA) is 45.2 Å². The lowest BCUT2D eigenvalue weighted by Gasteiger charge is -2.18. The Kier molecular flexibility index (Phi) is 5.77. The molecule has 4 nitrogen and oxygen atoms in total. The number of carbonyl (C=O) groups excluding carboxylic acids is 1. The minimum atomic E-state index is 0.169. The van der Waals surface area contributed by atoms with Crippen molar-refractivity contribution >= 4 is 23.2 Å². The predicted molar refractivity (Wildman–Crippen MR) is 70.3 cm³/mol. The molecule has 5 heteroatoms. The number of halogens is 1. The normalized spacial score (nSPS) is 10.1. The summed E-state index contributed by atoms with van der Waals surface area (Å²) < 4.78 is 0. The van der Waals surface area contributed by atoms with E-state index in [0.29, 0.717) is 18.1 Å². The molecule has 1 amide bonds. The first-order valence-electron chi connectivity index (χ1n) is 5.80. The van der Waals surface area contributed by atoms with Crippen LogP contribution in [0.5, 0.6) is 0 Å². The van der Waals surface area contributed by atoms with Gasteiger partial charge in [0, 0.05) is 37.9 Å². The molecule has 0 spiro atoms. The summed E-state index contributed by atoms with van der Waals surface area (Å²) in [6, 6.07) is 3.57. The van der Waals surface area contributed by atoms with Gasteiger partial charge in [0.1, 0.15) is 5.15 Å². The molecule has 0 atom stereocenters. The molecule has 0 saturated carbocycles. The molecule has 0 bridgehead atoms. The van der Waals surface area contributed by atoms with Crippen molar-refractivity contribution in [3.05, 3.63) is 23.5 Å². The van der Waals surface area contributed by atoms with Crippen molar-refractivity contribution in [2.45, 2.75) is 20.3 Å². The SMILES string of the molecule is CCN(CC)C(=O)CCNc1ccnc(Cl)c1. The lowest BCUT2D eigenvalue weighted by atomic mass is 10.3. The molecule has 0 radical (unpaired) electrons. The van der Waals surface area contributed by atoms with E-state index in [4.69, 9.17) is 11.6 Å². The fraction of sp³-hybridized carbons (Fsp3) is 0.500. The summed E-state index contributed by atoms with van der Waals surface area (Å²) in [5.41, 5.74) is 0.886. The van der Waals surface area contributed by atoms with Crippen LogP contribution in [0, 0.1) is 0 Å². The second kappa shape index (κ2) is 7.12. The Morgan fingerprint density at radius 2 is 2.18 bits per heavy atom. The minimum absolute atomic E-state index is 0.169. The maximum atomic E-state index is 11.7. The zero-order valence-electron chi connectivity index (χ0n) is 10.2. The van der Waals surface area contributed by atoms with Crippen molar-refractivity contribution < 1.29 is 4.79 Å². The summed E-state index contributed by atoms with van der Waals surface area (Å²) in [7, 11) is 0. The third kappa shape index (κ3) is 4.61. The van der Waals surface area contributed by atoms with Crippen molar-refractivity contribution in [3.8, 4) is 0 Å². The number of anilines is 1. The van der Waals surface area contributed by atoms with Gasteiger partial charge in [0.2, 0.25) is 5.91 Å². The number of carbonyl (C=O) groups is 1. The van der Waals surface area contributed by atoms with Gasteiger partial charge in [-0.15, -0.1) is 0 Å². The Bertz CT molecular complexity index is 367. The summed E-state index contributed by atoms with van der Waals surface area (Å²) in [5.74, 6) is 0.169. The molecule has 0 saturated heterocycles. The van der Waals surface area contributed by atoms with Crippen LogP contribution in [-0.2, 0) is 4.79 Å². The number of aromatic nitrogens is 1. The van der Waals surface area contributed by atoms with Gasteiger partial charge in [-0.05, 0) is 26.0 Å². The first-order valence-corrected chi connectivity index (χ1v) is 6.18. The Balaban J connectivity index is 2.35. The van der Waals surface area contributed by atoms with Crippen LogP contribution in [0.25, 0.3) is 0 Å². The van der Waals surface area contributed by atoms with Gasteiger partial charge in [-0.25, -0.2) is 4.98 Å². The number of nitrogens with one attached hydrogen (secondary N) is 1. The first-order chi connectivity index (χ1) is 8.17. The Morgan fingerprint density at radius 3 is 2.76 bits per heavy atom. The lowest BCUT2D eigenvalue weighted by molar-refractivity contribution is -0.130. The Hall–Kier alpha value is -1.29. The summed E-state index contributed by atoms with van der Waals surface area (Å²) in [4.78, 5) is 17.4. The highest BCUT2D eigenvalue weighted by Crippen LogP contribution is 2.11. The molecule has 0 unspecified atom stereocenters. The molecule has 94 valence electrons. The van der Waals surface area contributed by atoms with Crippen LogP contribution in [0.15, 0.2) is 18.3 Å². The van der Waals surface area contributed by atoms with Gasteiger partial charge in [-0.1, -0.05) is 11.6 Å². The summed E-state index contributed by atoms with van der Waals surface area (Å²) >= 11 is 5.76. The van der Waals surface area contributed by atoms with Crippen molar-refractivity contribution in [1.29, 1.82) is 0 Å². The third-order valence-electron chi connectivity index (χ3n) is 2.51. The number of rotatable bonds is 6. The Morgan fingerprint density at radius 1 is 1.47 bits per heavy atom. The van der Waals surface area contributed by atoms with E-state index in [0.717, 1.165) is 18.8 Å². The largest absolute Gasteiger partial charge is 0.384 e. The fourth-order valence-electron chi connectivity index (χ4n) is 1.56. The maximum absolute atomic E-state index is 11.7. The number of hydrogen-bond donors (Lipinski definition) is 1. The number of amides is 1. The average molecular weight is 256 g/mol. The average Bonchev–Trinajstić information content (AvgIpc) is 2.30. The molecule has 0 aliphatic heterocycles. The molecule has 1 aromatic heterocycles. The molecule has 1 rings (SSSR count). The minimum Gasteiger partial charge on any atom is -0.384 e. The number of hydrogen-bond acceptors (Lipinski definition) is 3. The van der Waals surface area contributed by atoms with Crippen molar-refractivity contribution in [3.63, 3.8) is 0 Å². The highest BCUT2D eigenvalue weighted by Gasteiger charge is 2.08. The van der Waals surface area contributed by atoms with Crippen LogP contribution in [0.3, 0.4) is 0 Å². The van der Waals surface area contributed by atoms with E-state index in [9.17, 15) is 4.79 Å². The fourth-order valence-corrected chi connectivity index (χ4v) is 1.73. The third-order valence-corrected chi connectivity index (χ3v) is 2.72. The van der Waals surface area contributed by atoms with E-state index in [1.807, 2.05) is 24.8 Å². The molecule has 0 aromatic carbocycles. The lowest BCUT2D eigenvalue weighted by Crippen LogP contribution is -2.31. The van der Waals surface area contributed by atoms with Crippen LogP contribution in [0.1, 0.15) is 20.3 Å². The van der Waals surface area contributed by atoms with E-state index in [-0.39, 0.29) is 5.91 Å². The molecular weight excluding hydrogens is 238 g/mol. The summed E-state index contributed by atoms with van der Waals surface area (Å²) in [5, 5.41) is 3.60. The molecule has 1 N–H and O–H groups in total. The molecule has 0 aliphatic rings. The van der Waals surface area contributed by atoms with Gasteiger partial charge < -0.3 is 10.2 Å². The standard InChI is InChI=1S/C12H18ClN3O/c1-3-16(4-2)12(17)6-8-14-10-5-7-15-11(13)9-10/h5,7,9H,3-4,6,8H2,1-2H3,(H,14,15). The van der Waals surface area contributed by atoms with Crippen LogP contribution in [-0.4, -0.2) is 35.4 Å². The zero-order valence-corrected chi connectivity index (χ0v) is 11.0. The number of pyridine rings is 1. The van der Waals surface area contributed by atoms with Crippen molar-refractivity contribution in [2.75, 3.05) is 25.0 Å². The van der Waals surface area contributed by atoms with Gasteiger partial charge in [0.25, 0.3) is 0 Å². The smallest absolute Gasteiger partial charge is 0.224 e. The van der Waals surface area contributed by atoms with E-state index in [1.54, 1.807) is 12.3 Å². The van der Waals surface area contributed by atoms with Crippen LogP contribution in [0.4, 0.5) is 5.69 Å². The van der Waals surface area contributed by atoms with Crippen LogP contribution >= 0.6 is 11.6 Å². The monoisotopic (exact) mass is 255 g/mol. The van der Waals surface area contributed by atoms with Gasteiger partial charge in [-0.3, -0.25) is 4.79 Å². The molecule has 17 heavy (non-hydrogen) atoms. The van der Waals surface area contributed by atoms with Crippen LogP contribution < -0.4 is 5.32 Å². The maximum Gasteiger partial charge on any atom is 0.224 e. The van der Waals surface area contributed by atoms with Crippen LogP contribution in [0.2, 0.25) is 5.15 Å². The second-order valence-electron chi connectivity index (χ2n) is 3.61. The van der Waals surface area contributed by atoms with Crippen molar-refractivity contribution in [2.24, 2.45) is 0 Å². The summed E-state index contributed by atoms with van der Waals surface area (Å²) in [6.45, 7) is 6.09. The van der Waals surface area contributed by atoms with E-state index >= 15 is 0 Å². The van der Waals surface area contributed by atoms with E-state index in [1.165, 1.54) is 0 Å². The highest BCUT2D eigenvalue weighted by molar-refractivity contribution is 6.29.